The van der Waals surface area contributed by atoms with Crippen molar-refractivity contribution in [2.75, 3.05) is 41.9 Å². The summed E-state index contributed by atoms with van der Waals surface area (Å²) in [6.45, 7) is 0.675. The quantitative estimate of drug-likeness (QED) is 0.845. The van der Waals surface area contributed by atoms with Crippen LogP contribution in [0.3, 0.4) is 0 Å². The topological polar surface area (TPSA) is 64.6 Å². The van der Waals surface area contributed by atoms with Crippen molar-refractivity contribution in [3.8, 4) is 0 Å². The molecule has 2 rings (SSSR count). The largest absolute Gasteiger partial charge is 0.616 e. The maximum Gasteiger partial charge on any atom is 0.411 e. The second kappa shape index (κ2) is 6.27. The first-order valence-corrected chi connectivity index (χ1v) is 7.44. The summed E-state index contributed by atoms with van der Waals surface area (Å²) in [6.07, 6.45) is -0.801. The van der Waals surface area contributed by atoms with Crippen molar-refractivity contribution in [1.82, 2.24) is 0 Å². The molecule has 8 heteroatoms. The number of carbonyl (C=O) groups excluding carboxylic acids is 1. The van der Waals surface area contributed by atoms with Gasteiger partial charge in [-0.2, -0.15) is 0 Å². The molecular weight excluding hydrogens is 290 g/mol. The number of nitrogens with one attached hydrogen (secondary N) is 1. The third kappa shape index (κ3) is 3.31. The molecule has 1 aliphatic heterocycles. The van der Waals surface area contributed by atoms with Crippen LogP contribution in [-0.2, 0) is 15.9 Å². The van der Waals surface area contributed by atoms with Gasteiger partial charge in [0, 0.05) is 5.69 Å². The van der Waals surface area contributed by atoms with E-state index in [1.807, 2.05) is 0 Å². The van der Waals surface area contributed by atoms with Crippen LogP contribution in [0.5, 0.6) is 0 Å². The summed E-state index contributed by atoms with van der Waals surface area (Å²) in [6, 6.07) is 2.06. The Balaban J connectivity index is 2.20. The van der Waals surface area contributed by atoms with Crippen molar-refractivity contribution in [2.24, 2.45) is 0 Å². The molecule has 0 radical (unpaired) electrons. The Kier molecular flexibility index (Phi) is 4.66. The van der Waals surface area contributed by atoms with Crippen LogP contribution in [0.4, 0.5) is 25.0 Å². The maximum absolute atomic E-state index is 14.0. The molecular formula is C12H14F2N2O3S. The molecule has 20 heavy (non-hydrogen) atoms. The highest BCUT2D eigenvalue weighted by molar-refractivity contribution is 7.91. The fourth-order valence-corrected chi connectivity index (χ4v) is 3.02. The predicted octanol–water partition coefficient (Wildman–Crippen LogP) is 1.71. The van der Waals surface area contributed by atoms with Gasteiger partial charge in [0.2, 0.25) is 0 Å². The van der Waals surface area contributed by atoms with Gasteiger partial charge in [-0.3, -0.25) is 5.32 Å². The van der Waals surface area contributed by atoms with Crippen molar-refractivity contribution in [3.05, 3.63) is 23.8 Å². The van der Waals surface area contributed by atoms with Crippen LogP contribution in [0.1, 0.15) is 0 Å². The van der Waals surface area contributed by atoms with Crippen molar-refractivity contribution in [2.45, 2.75) is 0 Å². The predicted molar refractivity (Wildman–Crippen MR) is 72.5 cm³/mol. The van der Waals surface area contributed by atoms with Gasteiger partial charge in [0.25, 0.3) is 0 Å². The molecule has 0 unspecified atom stereocenters. The molecule has 0 aromatic heterocycles. The lowest BCUT2D eigenvalue weighted by Crippen LogP contribution is -2.41. The van der Waals surface area contributed by atoms with Crippen molar-refractivity contribution in [1.29, 1.82) is 0 Å². The van der Waals surface area contributed by atoms with Gasteiger partial charge in [0.05, 0.1) is 20.2 Å². The average Bonchev–Trinajstić information content (AvgIpc) is 2.40. The number of benzene rings is 1. The number of hydrogen-bond acceptors (Lipinski definition) is 4. The molecule has 0 atom stereocenters. The number of methoxy groups -OCH3 is 1. The van der Waals surface area contributed by atoms with E-state index in [2.05, 4.69) is 10.1 Å². The lowest BCUT2D eigenvalue weighted by molar-refractivity contribution is 0.187. The second-order valence-corrected chi connectivity index (χ2v) is 5.94. The zero-order valence-electron chi connectivity index (χ0n) is 10.8. The van der Waals surface area contributed by atoms with Crippen molar-refractivity contribution in [3.63, 3.8) is 0 Å². The zero-order chi connectivity index (χ0) is 14.7. The number of rotatable bonds is 2. The summed E-state index contributed by atoms with van der Waals surface area (Å²) in [7, 11) is 1.16. The summed E-state index contributed by atoms with van der Waals surface area (Å²) in [5.74, 6) is -0.768. The Morgan fingerprint density at radius 3 is 2.40 bits per heavy atom. The molecule has 1 N–H and O–H groups in total. The smallest absolute Gasteiger partial charge is 0.411 e. The molecule has 110 valence electrons. The summed E-state index contributed by atoms with van der Waals surface area (Å²) in [5, 5.41) is 2.20. The van der Waals surface area contributed by atoms with Crippen LogP contribution in [0.25, 0.3) is 0 Å². The molecule has 1 fully saturated rings. The molecule has 1 saturated heterocycles. The fourth-order valence-electron chi connectivity index (χ4n) is 1.97. The van der Waals surface area contributed by atoms with Gasteiger partial charge in [0.15, 0.2) is 11.6 Å². The van der Waals surface area contributed by atoms with Crippen LogP contribution in [-0.4, -0.2) is 42.4 Å². The minimum absolute atomic E-state index is 0.0174. The fraction of sp³-hybridized carbons (Fsp3) is 0.417. The highest BCUT2D eigenvalue weighted by atomic mass is 32.2. The summed E-state index contributed by atoms with van der Waals surface area (Å²) in [4.78, 5) is 12.5. The van der Waals surface area contributed by atoms with Crippen LogP contribution < -0.4 is 10.2 Å². The van der Waals surface area contributed by atoms with E-state index < -0.39 is 28.9 Å². The van der Waals surface area contributed by atoms with E-state index in [1.54, 1.807) is 0 Å². The van der Waals surface area contributed by atoms with Crippen LogP contribution in [0.2, 0.25) is 0 Å². The Bertz CT molecular complexity index is 484. The number of halogens is 2. The van der Waals surface area contributed by atoms with Crippen LogP contribution in [0, 0.1) is 11.6 Å². The SMILES string of the molecule is COC(=O)Nc1cc(F)c(N2CC[S+]([O-])CC2)c(F)c1. The summed E-state index contributed by atoms with van der Waals surface area (Å²) >= 11 is -0.921. The Morgan fingerprint density at radius 2 is 1.90 bits per heavy atom. The highest BCUT2D eigenvalue weighted by Gasteiger charge is 2.25. The maximum atomic E-state index is 14.0. The number of nitrogens with zero attached hydrogens (tertiary/aromatic N) is 1. The lowest BCUT2D eigenvalue weighted by atomic mass is 10.2. The Hall–Kier alpha value is -1.54. The number of carbonyl (C=O) groups is 1. The van der Waals surface area contributed by atoms with E-state index in [1.165, 1.54) is 4.90 Å². The molecule has 0 spiro atoms. The molecule has 0 aliphatic carbocycles. The van der Waals surface area contributed by atoms with E-state index in [0.717, 1.165) is 19.2 Å². The molecule has 1 aromatic rings. The first-order valence-electron chi connectivity index (χ1n) is 5.95. The van der Waals surface area contributed by atoms with Crippen molar-refractivity contribution < 1.29 is 22.9 Å². The van der Waals surface area contributed by atoms with E-state index >= 15 is 0 Å². The first kappa shape index (κ1) is 14.9. The van der Waals surface area contributed by atoms with Gasteiger partial charge in [-0.25, -0.2) is 13.6 Å². The van der Waals surface area contributed by atoms with Gasteiger partial charge < -0.3 is 14.2 Å². The Labute approximate surface area is 118 Å². The third-order valence-corrected chi connectivity index (χ3v) is 4.22. The van der Waals surface area contributed by atoms with E-state index in [-0.39, 0.29) is 11.4 Å². The van der Waals surface area contributed by atoms with Gasteiger partial charge in [-0.05, 0) is 12.1 Å². The van der Waals surface area contributed by atoms with E-state index in [4.69, 9.17) is 0 Å². The molecule has 0 saturated carbocycles. The third-order valence-electron chi connectivity index (χ3n) is 2.94. The van der Waals surface area contributed by atoms with Crippen LogP contribution >= 0.6 is 0 Å². The monoisotopic (exact) mass is 304 g/mol. The number of ether oxygens (including phenoxy) is 1. The van der Waals surface area contributed by atoms with Gasteiger partial charge in [-0.1, -0.05) is 11.2 Å². The molecule has 0 bridgehead atoms. The summed E-state index contributed by atoms with van der Waals surface area (Å²) < 4.78 is 43.6. The minimum Gasteiger partial charge on any atom is -0.616 e. The van der Waals surface area contributed by atoms with E-state index in [9.17, 15) is 18.1 Å². The molecule has 1 heterocycles. The van der Waals surface area contributed by atoms with Gasteiger partial charge in [-0.15, -0.1) is 0 Å². The van der Waals surface area contributed by atoms with Gasteiger partial charge >= 0.3 is 6.09 Å². The van der Waals surface area contributed by atoms with Gasteiger partial charge in [0.1, 0.15) is 17.2 Å². The molecule has 5 nitrogen and oxygen atoms in total. The molecule has 1 aromatic carbocycles. The average molecular weight is 304 g/mol. The normalized spacial score (nSPS) is 16.1. The minimum atomic E-state index is -0.921. The highest BCUT2D eigenvalue weighted by Crippen LogP contribution is 2.28. The zero-order valence-corrected chi connectivity index (χ0v) is 11.6. The number of anilines is 2. The van der Waals surface area contributed by atoms with Crippen LogP contribution in [0.15, 0.2) is 12.1 Å². The Morgan fingerprint density at radius 1 is 1.35 bits per heavy atom. The number of hydrogen-bond donors (Lipinski definition) is 1. The number of amides is 1. The van der Waals surface area contributed by atoms with Crippen molar-refractivity contribution >= 4 is 28.6 Å². The summed E-state index contributed by atoms with van der Waals surface area (Å²) in [5.41, 5.74) is -0.173. The molecule has 1 amide bonds. The second-order valence-electron chi connectivity index (χ2n) is 4.24. The molecule has 1 aliphatic rings. The first-order chi connectivity index (χ1) is 9.51. The van der Waals surface area contributed by atoms with E-state index in [0.29, 0.717) is 24.6 Å². The lowest BCUT2D eigenvalue weighted by Gasteiger charge is -2.30. The standard InChI is InChI=1S/C12H14F2N2O3S/c1-19-12(17)15-8-6-9(13)11(10(14)7-8)16-2-4-20(18)5-3-16/h6-7H,2-5H2,1H3,(H,15,17).